The summed E-state index contributed by atoms with van der Waals surface area (Å²) >= 11 is 1.71. The molecule has 0 aliphatic carbocycles. The summed E-state index contributed by atoms with van der Waals surface area (Å²) in [6.45, 7) is -0.128. The Hall–Kier alpha value is -0.510. The van der Waals surface area contributed by atoms with Crippen molar-refractivity contribution < 1.29 is 10.2 Å². The van der Waals surface area contributed by atoms with Gasteiger partial charge < -0.3 is 10.2 Å². The molecule has 0 saturated heterocycles. The Morgan fingerprint density at radius 3 is 2.56 bits per heavy atom. The maximum Gasteiger partial charge on any atom is 0.0861 e. The molecule has 1 aromatic carbocycles. The lowest BCUT2D eigenvalue weighted by Crippen LogP contribution is -2.14. The van der Waals surface area contributed by atoms with Gasteiger partial charge in [0, 0.05) is 5.75 Å². The molecule has 0 heterocycles. The molecule has 1 unspecified atom stereocenters. The maximum atomic E-state index is 9.12. The van der Waals surface area contributed by atoms with E-state index in [1.165, 1.54) is 12.0 Å². The second-order valence-electron chi connectivity index (χ2n) is 3.85. The van der Waals surface area contributed by atoms with Crippen LogP contribution in [0.25, 0.3) is 0 Å². The zero-order valence-corrected chi connectivity index (χ0v) is 10.3. The molecule has 0 aliphatic heterocycles. The minimum atomic E-state index is -0.556. The summed E-state index contributed by atoms with van der Waals surface area (Å²) in [4.78, 5) is 0. The van der Waals surface area contributed by atoms with Gasteiger partial charge in [-0.25, -0.2) is 0 Å². The van der Waals surface area contributed by atoms with Crippen molar-refractivity contribution in [3.63, 3.8) is 0 Å². The van der Waals surface area contributed by atoms with Gasteiger partial charge >= 0.3 is 0 Å². The van der Waals surface area contributed by atoms with Crippen molar-refractivity contribution >= 4 is 11.8 Å². The molecule has 0 amide bonds. The number of benzene rings is 1. The van der Waals surface area contributed by atoms with Gasteiger partial charge in [0.05, 0.1) is 12.7 Å². The van der Waals surface area contributed by atoms with Crippen LogP contribution < -0.4 is 0 Å². The van der Waals surface area contributed by atoms with Crippen LogP contribution in [0.3, 0.4) is 0 Å². The van der Waals surface area contributed by atoms with E-state index in [1.807, 2.05) is 6.07 Å². The van der Waals surface area contributed by atoms with Crippen molar-refractivity contribution in [3.05, 3.63) is 35.9 Å². The third-order valence-corrected chi connectivity index (χ3v) is 3.57. The van der Waals surface area contributed by atoms with Gasteiger partial charge in [-0.05, 0) is 30.6 Å². The van der Waals surface area contributed by atoms with Gasteiger partial charge in [0.25, 0.3) is 0 Å². The Balaban J connectivity index is 1.96. The van der Waals surface area contributed by atoms with Crippen LogP contribution in [0.1, 0.15) is 18.4 Å². The van der Waals surface area contributed by atoms with E-state index in [4.69, 9.17) is 10.2 Å². The number of rotatable bonds is 8. The lowest BCUT2D eigenvalue weighted by atomic mass is 10.1. The van der Waals surface area contributed by atoms with E-state index in [0.29, 0.717) is 5.75 Å². The summed E-state index contributed by atoms with van der Waals surface area (Å²) in [5, 5.41) is 17.7. The monoisotopic (exact) mass is 240 g/mol. The van der Waals surface area contributed by atoms with Gasteiger partial charge in [-0.15, -0.1) is 0 Å². The molecule has 1 atom stereocenters. The Kier molecular flexibility index (Phi) is 7.30. The normalized spacial score (nSPS) is 12.6. The second-order valence-corrected chi connectivity index (χ2v) is 5.00. The third kappa shape index (κ3) is 6.16. The molecule has 1 rings (SSSR count). The Bertz CT molecular complexity index is 264. The third-order valence-electron chi connectivity index (χ3n) is 2.37. The minimum Gasteiger partial charge on any atom is -0.394 e. The highest BCUT2D eigenvalue weighted by atomic mass is 32.2. The smallest absolute Gasteiger partial charge is 0.0861 e. The van der Waals surface area contributed by atoms with Gasteiger partial charge in [-0.3, -0.25) is 0 Å². The molecule has 0 spiro atoms. The van der Waals surface area contributed by atoms with Crippen molar-refractivity contribution in [3.8, 4) is 0 Å². The van der Waals surface area contributed by atoms with Crippen molar-refractivity contribution in [2.45, 2.75) is 25.4 Å². The lowest BCUT2D eigenvalue weighted by molar-refractivity contribution is 0.113. The van der Waals surface area contributed by atoms with Crippen molar-refractivity contribution in [1.82, 2.24) is 0 Å². The molecule has 0 aromatic heterocycles. The van der Waals surface area contributed by atoms with Crippen molar-refractivity contribution in [2.75, 3.05) is 18.1 Å². The zero-order chi connectivity index (χ0) is 11.6. The minimum absolute atomic E-state index is 0.128. The second kappa shape index (κ2) is 8.62. The predicted octanol–water partition coefficient (Wildman–Crippen LogP) is 2.10. The van der Waals surface area contributed by atoms with E-state index < -0.39 is 6.10 Å². The summed E-state index contributed by atoms with van der Waals surface area (Å²) < 4.78 is 0. The van der Waals surface area contributed by atoms with Crippen molar-refractivity contribution in [1.29, 1.82) is 0 Å². The average molecular weight is 240 g/mol. The molecule has 2 nitrogen and oxygen atoms in total. The fourth-order valence-electron chi connectivity index (χ4n) is 1.45. The maximum absolute atomic E-state index is 9.12. The van der Waals surface area contributed by atoms with E-state index in [1.54, 1.807) is 11.8 Å². The predicted molar refractivity (Wildman–Crippen MR) is 69.8 cm³/mol. The first-order valence-corrected chi connectivity index (χ1v) is 6.89. The van der Waals surface area contributed by atoms with Gasteiger partial charge in [0.2, 0.25) is 0 Å². The van der Waals surface area contributed by atoms with Crippen LogP contribution in [0.15, 0.2) is 30.3 Å². The summed E-state index contributed by atoms with van der Waals surface area (Å²) in [6.07, 6.45) is 2.92. The highest BCUT2D eigenvalue weighted by Gasteiger charge is 2.00. The van der Waals surface area contributed by atoms with Crippen LogP contribution in [0.4, 0.5) is 0 Å². The molecule has 3 heteroatoms. The first-order chi connectivity index (χ1) is 7.83. The van der Waals surface area contributed by atoms with E-state index in [9.17, 15) is 0 Å². The summed E-state index contributed by atoms with van der Waals surface area (Å²) in [7, 11) is 0. The van der Waals surface area contributed by atoms with E-state index in [2.05, 4.69) is 24.3 Å². The molecule has 0 fully saturated rings. The summed E-state index contributed by atoms with van der Waals surface area (Å²) in [5.41, 5.74) is 1.39. The number of aliphatic hydroxyl groups excluding tert-OH is 2. The SMILES string of the molecule is OCC(O)CSCCCCc1ccccc1. The van der Waals surface area contributed by atoms with E-state index in [0.717, 1.165) is 18.6 Å². The number of aliphatic hydroxyl groups is 2. The quantitative estimate of drug-likeness (QED) is 0.684. The first-order valence-electron chi connectivity index (χ1n) is 5.73. The fourth-order valence-corrected chi connectivity index (χ4v) is 2.40. The Morgan fingerprint density at radius 1 is 1.12 bits per heavy atom. The number of aryl methyl sites for hydroxylation is 1. The fraction of sp³-hybridized carbons (Fsp3) is 0.538. The molecule has 0 saturated carbocycles. The van der Waals surface area contributed by atoms with Gasteiger partial charge in [0.15, 0.2) is 0 Å². The molecule has 0 bridgehead atoms. The highest BCUT2D eigenvalue weighted by molar-refractivity contribution is 7.99. The molecule has 1 aromatic rings. The summed E-state index contributed by atoms with van der Waals surface area (Å²) in [5.74, 6) is 1.70. The molecule has 0 radical (unpaired) electrons. The molecule has 2 N–H and O–H groups in total. The molecule has 0 aliphatic rings. The van der Waals surface area contributed by atoms with Crippen LogP contribution in [-0.2, 0) is 6.42 Å². The molecule has 90 valence electrons. The number of thioether (sulfide) groups is 1. The number of unbranched alkanes of at least 4 members (excludes halogenated alkanes) is 1. The van der Waals surface area contributed by atoms with Crippen LogP contribution in [0, 0.1) is 0 Å². The van der Waals surface area contributed by atoms with Crippen LogP contribution in [-0.4, -0.2) is 34.4 Å². The summed E-state index contributed by atoms with van der Waals surface area (Å²) in [6, 6.07) is 10.5. The topological polar surface area (TPSA) is 40.5 Å². The standard InChI is InChI=1S/C13H20O2S/c14-10-13(15)11-16-9-5-4-8-12-6-2-1-3-7-12/h1-3,6-7,13-15H,4-5,8-11H2. The number of hydrogen-bond acceptors (Lipinski definition) is 3. The van der Waals surface area contributed by atoms with Gasteiger partial charge in [-0.1, -0.05) is 30.3 Å². The Morgan fingerprint density at radius 2 is 1.88 bits per heavy atom. The zero-order valence-electron chi connectivity index (χ0n) is 9.51. The van der Waals surface area contributed by atoms with Crippen LogP contribution in [0.5, 0.6) is 0 Å². The first kappa shape index (κ1) is 13.6. The van der Waals surface area contributed by atoms with E-state index >= 15 is 0 Å². The Labute approximate surface area is 102 Å². The lowest BCUT2D eigenvalue weighted by Gasteiger charge is -2.06. The van der Waals surface area contributed by atoms with Crippen LogP contribution in [0.2, 0.25) is 0 Å². The van der Waals surface area contributed by atoms with Crippen molar-refractivity contribution in [2.24, 2.45) is 0 Å². The van der Waals surface area contributed by atoms with Gasteiger partial charge in [-0.2, -0.15) is 11.8 Å². The van der Waals surface area contributed by atoms with Crippen LogP contribution >= 0.6 is 11.8 Å². The van der Waals surface area contributed by atoms with Gasteiger partial charge in [0.1, 0.15) is 0 Å². The molecular weight excluding hydrogens is 220 g/mol. The largest absolute Gasteiger partial charge is 0.394 e. The molecular formula is C13H20O2S. The van der Waals surface area contributed by atoms with E-state index in [-0.39, 0.29) is 6.61 Å². The molecule has 16 heavy (non-hydrogen) atoms. The highest BCUT2D eigenvalue weighted by Crippen LogP contribution is 2.09. The average Bonchev–Trinajstić information content (AvgIpc) is 2.34. The number of hydrogen-bond donors (Lipinski definition) is 2.